The monoisotopic (exact) mass is 258 g/mol. The van der Waals surface area contributed by atoms with E-state index in [2.05, 4.69) is 9.55 Å². The van der Waals surface area contributed by atoms with Crippen molar-refractivity contribution in [2.45, 2.75) is 31.4 Å². The summed E-state index contributed by atoms with van der Waals surface area (Å²) < 4.78 is 15.6. The molecule has 2 aromatic rings. The molecule has 0 amide bonds. The summed E-state index contributed by atoms with van der Waals surface area (Å²) in [5, 5.41) is 10.2. The molecule has 1 aliphatic carbocycles. The van der Waals surface area contributed by atoms with Crippen molar-refractivity contribution in [1.82, 2.24) is 9.55 Å². The number of rotatable bonds is 1. The fraction of sp³-hybridized carbons (Fsp3) is 0.400. The lowest BCUT2D eigenvalue weighted by Crippen LogP contribution is -2.24. The quantitative estimate of drug-likeness (QED) is 0.854. The van der Waals surface area contributed by atoms with Gasteiger partial charge in [0.15, 0.2) is 0 Å². The number of imidazole rings is 1. The predicted octanol–water partition coefficient (Wildman–Crippen LogP) is 2.75. The highest BCUT2D eigenvalue weighted by Gasteiger charge is 2.39. The van der Waals surface area contributed by atoms with Gasteiger partial charge in [0.1, 0.15) is 5.82 Å². The Morgan fingerprint density at radius 2 is 2.21 bits per heavy atom. The fourth-order valence-electron chi connectivity index (χ4n) is 3.67. The van der Waals surface area contributed by atoms with Gasteiger partial charge in [-0.25, -0.2) is 9.37 Å². The van der Waals surface area contributed by atoms with Gasteiger partial charge >= 0.3 is 0 Å². The third-order valence-corrected chi connectivity index (χ3v) is 4.51. The van der Waals surface area contributed by atoms with E-state index in [0.29, 0.717) is 0 Å². The molecule has 0 bridgehead atoms. The average Bonchev–Trinajstić information content (AvgIpc) is 3.05. The summed E-state index contributed by atoms with van der Waals surface area (Å²) in [6.07, 6.45) is 6.24. The number of aliphatic hydroxyl groups excluding tert-OH is 1. The van der Waals surface area contributed by atoms with Gasteiger partial charge in [-0.2, -0.15) is 0 Å². The summed E-state index contributed by atoms with van der Waals surface area (Å²) in [5.41, 5.74) is 2.99. The minimum Gasteiger partial charge on any atom is -0.393 e. The van der Waals surface area contributed by atoms with E-state index < -0.39 is 0 Å². The summed E-state index contributed by atoms with van der Waals surface area (Å²) in [4.78, 5) is 4.18. The molecule has 0 unspecified atom stereocenters. The van der Waals surface area contributed by atoms with Crippen molar-refractivity contribution >= 4 is 0 Å². The zero-order valence-corrected chi connectivity index (χ0v) is 10.5. The van der Waals surface area contributed by atoms with Crippen LogP contribution in [0, 0.1) is 11.7 Å². The molecule has 2 heterocycles. The smallest absolute Gasteiger partial charge is 0.123 e. The zero-order valence-electron chi connectivity index (χ0n) is 10.5. The fourth-order valence-corrected chi connectivity index (χ4v) is 3.67. The molecule has 4 rings (SSSR count). The molecule has 3 nitrogen and oxygen atoms in total. The third-order valence-electron chi connectivity index (χ3n) is 4.51. The average molecular weight is 258 g/mol. The van der Waals surface area contributed by atoms with E-state index in [0.717, 1.165) is 36.1 Å². The van der Waals surface area contributed by atoms with Crippen LogP contribution >= 0.6 is 0 Å². The molecular weight excluding hydrogens is 243 g/mol. The largest absolute Gasteiger partial charge is 0.393 e. The molecule has 1 aromatic heterocycles. The Morgan fingerprint density at radius 1 is 1.32 bits per heavy atom. The summed E-state index contributed by atoms with van der Waals surface area (Å²) in [5.74, 6) is -0.0150. The van der Waals surface area contributed by atoms with Crippen molar-refractivity contribution in [3.63, 3.8) is 0 Å². The van der Waals surface area contributed by atoms with Crippen LogP contribution in [0.1, 0.15) is 30.9 Å². The van der Waals surface area contributed by atoms with Gasteiger partial charge in [-0.1, -0.05) is 12.5 Å². The molecule has 0 spiro atoms. The normalized spacial score (nSPS) is 28.4. The molecule has 0 radical (unpaired) electrons. The lowest BCUT2D eigenvalue weighted by molar-refractivity contribution is 0.112. The molecule has 3 atom stereocenters. The first-order valence-electron chi connectivity index (χ1n) is 6.75. The number of halogens is 1. The Bertz CT molecular complexity index is 637. The van der Waals surface area contributed by atoms with Crippen LogP contribution in [0.25, 0.3) is 11.3 Å². The Labute approximate surface area is 110 Å². The van der Waals surface area contributed by atoms with Crippen molar-refractivity contribution in [3.8, 4) is 11.3 Å². The first-order chi connectivity index (χ1) is 9.25. The third kappa shape index (κ3) is 1.49. The number of aliphatic hydroxyl groups is 1. The van der Waals surface area contributed by atoms with Crippen LogP contribution in [0.5, 0.6) is 0 Å². The number of hydrogen-bond acceptors (Lipinski definition) is 2. The molecule has 98 valence electrons. The van der Waals surface area contributed by atoms with E-state index in [1.54, 1.807) is 18.6 Å². The molecule has 4 heteroatoms. The minimum absolute atomic E-state index is 0.102. The highest BCUT2D eigenvalue weighted by molar-refractivity contribution is 5.69. The molecule has 1 fully saturated rings. The number of aromatic nitrogens is 2. The van der Waals surface area contributed by atoms with E-state index in [-0.39, 0.29) is 23.9 Å². The lowest BCUT2D eigenvalue weighted by atomic mass is 9.90. The van der Waals surface area contributed by atoms with Crippen molar-refractivity contribution in [1.29, 1.82) is 0 Å². The Kier molecular flexibility index (Phi) is 2.30. The summed E-state index contributed by atoms with van der Waals surface area (Å²) >= 11 is 0. The highest BCUT2D eigenvalue weighted by Crippen LogP contribution is 2.47. The second kappa shape index (κ2) is 3.90. The molecule has 1 N–H and O–H groups in total. The zero-order chi connectivity index (χ0) is 13.0. The van der Waals surface area contributed by atoms with Crippen LogP contribution in [0.4, 0.5) is 4.39 Å². The maximum absolute atomic E-state index is 13.5. The van der Waals surface area contributed by atoms with E-state index >= 15 is 0 Å². The molecule has 19 heavy (non-hydrogen) atoms. The van der Waals surface area contributed by atoms with Crippen molar-refractivity contribution in [3.05, 3.63) is 42.1 Å². The number of benzene rings is 1. The van der Waals surface area contributed by atoms with Gasteiger partial charge in [0, 0.05) is 11.5 Å². The van der Waals surface area contributed by atoms with Crippen LogP contribution in [0.2, 0.25) is 0 Å². The van der Waals surface area contributed by atoms with Gasteiger partial charge in [-0.15, -0.1) is 0 Å². The maximum atomic E-state index is 13.5. The summed E-state index contributed by atoms with van der Waals surface area (Å²) in [7, 11) is 0. The minimum atomic E-state index is -0.267. The molecule has 0 saturated heterocycles. The standard InChI is InChI=1S/C15H15FN2O/c16-9-4-5-10-12(6-9)13-7-17-8-18(13)15(10)11-2-1-3-14(11)19/h4-8,11,14-15,19H,1-3H2/t11-,14-,15-/m0/s1. The Morgan fingerprint density at radius 3 is 3.00 bits per heavy atom. The van der Waals surface area contributed by atoms with Crippen molar-refractivity contribution in [2.75, 3.05) is 0 Å². The molecule has 2 aliphatic rings. The van der Waals surface area contributed by atoms with Crippen LogP contribution in [-0.2, 0) is 0 Å². The summed E-state index contributed by atoms with van der Waals surface area (Å²) in [6.45, 7) is 0. The van der Waals surface area contributed by atoms with Crippen LogP contribution < -0.4 is 0 Å². The first-order valence-corrected chi connectivity index (χ1v) is 6.75. The molecule has 1 saturated carbocycles. The van der Waals surface area contributed by atoms with E-state index in [1.807, 2.05) is 6.07 Å². The number of nitrogens with zero attached hydrogens (tertiary/aromatic N) is 2. The van der Waals surface area contributed by atoms with Crippen LogP contribution in [0.15, 0.2) is 30.7 Å². The van der Waals surface area contributed by atoms with Gasteiger partial charge in [0.2, 0.25) is 0 Å². The van der Waals surface area contributed by atoms with E-state index in [1.165, 1.54) is 6.07 Å². The molecular formula is C15H15FN2O. The second-order valence-corrected chi connectivity index (χ2v) is 5.52. The first kappa shape index (κ1) is 11.2. The topological polar surface area (TPSA) is 38.1 Å². The Hall–Kier alpha value is -1.68. The summed E-state index contributed by atoms with van der Waals surface area (Å²) in [6, 6.07) is 5.04. The molecule has 1 aromatic carbocycles. The number of hydrogen-bond donors (Lipinski definition) is 1. The maximum Gasteiger partial charge on any atom is 0.123 e. The van der Waals surface area contributed by atoms with Crippen molar-refractivity contribution < 1.29 is 9.50 Å². The van der Waals surface area contributed by atoms with Gasteiger partial charge in [-0.05, 0) is 30.5 Å². The van der Waals surface area contributed by atoms with E-state index in [9.17, 15) is 9.50 Å². The number of fused-ring (bicyclic) bond motifs is 3. The van der Waals surface area contributed by atoms with Crippen molar-refractivity contribution in [2.24, 2.45) is 5.92 Å². The van der Waals surface area contributed by atoms with Crippen LogP contribution in [-0.4, -0.2) is 20.8 Å². The molecule has 1 aliphatic heterocycles. The lowest BCUT2D eigenvalue weighted by Gasteiger charge is -2.24. The SMILES string of the molecule is O[C@H]1CCC[C@@H]1[C@@H]1c2ccc(F)cc2-c2cncn21. The van der Waals surface area contributed by atoms with Crippen LogP contribution in [0.3, 0.4) is 0 Å². The Balaban J connectivity index is 1.89. The second-order valence-electron chi connectivity index (χ2n) is 5.52. The van der Waals surface area contributed by atoms with Gasteiger partial charge in [0.25, 0.3) is 0 Å². The predicted molar refractivity (Wildman–Crippen MR) is 69.1 cm³/mol. The van der Waals surface area contributed by atoms with Gasteiger partial charge < -0.3 is 9.67 Å². The highest BCUT2D eigenvalue weighted by atomic mass is 19.1. The van der Waals surface area contributed by atoms with Gasteiger partial charge in [-0.3, -0.25) is 0 Å². The van der Waals surface area contributed by atoms with E-state index in [4.69, 9.17) is 0 Å². The van der Waals surface area contributed by atoms with Gasteiger partial charge in [0.05, 0.1) is 30.4 Å².